The van der Waals surface area contributed by atoms with Crippen LogP contribution in [0.15, 0.2) is 24.3 Å². The Labute approximate surface area is 159 Å². The molecule has 2 aliphatic rings. The second kappa shape index (κ2) is 9.24. The van der Waals surface area contributed by atoms with Crippen LogP contribution in [0.4, 0.5) is 10.5 Å². The van der Waals surface area contributed by atoms with Gasteiger partial charge in [0, 0.05) is 6.04 Å². The molecule has 0 bridgehead atoms. The molecule has 3 rings (SSSR count). The lowest BCUT2D eigenvalue weighted by Crippen LogP contribution is -3.15. The molecule has 1 aliphatic heterocycles. The van der Waals surface area contributed by atoms with Crippen molar-refractivity contribution < 1.29 is 14.5 Å². The van der Waals surface area contributed by atoms with Gasteiger partial charge in [0.1, 0.15) is 0 Å². The van der Waals surface area contributed by atoms with Crippen molar-refractivity contribution in [3.05, 3.63) is 29.3 Å². The SMILES string of the molecule is O=C(C[NH+]1CCN(C(=O)NC2CCCCC2)CC1)Nc1ccccc1Cl. The van der Waals surface area contributed by atoms with Crippen LogP contribution in [-0.4, -0.2) is 55.6 Å². The first kappa shape index (κ1) is 19.0. The molecule has 0 unspecified atom stereocenters. The Morgan fingerprint density at radius 3 is 2.50 bits per heavy atom. The van der Waals surface area contributed by atoms with E-state index >= 15 is 0 Å². The number of hydrogen-bond acceptors (Lipinski definition) is 2. The highest BCUT2D eigenvalue weighted by molar-refractivity contribution is 6.33. The van der Waals surface area contributed by atoms with Crippen LogP contribution < -0.4 is 15.5 Å². The number of nitrogens with one attached hydrogen (secondary N) is 3. The number of hydrogen-bond donors (Lipinski definition) is 3. The van der Waals surface area contributed by atoms with Gasteiger partial charge in [0.25, 0.3) is 5.91 Å². The van der Waals surface area contributed by atoms with Gasteiger partial charge < -0.3 is 20.4 Å². The number of amides is 3. The number of carbonyl (C=O) groups excluding carboxylic acids is 2. The van der Waals surface area contributed by atoms with E-state index in [1.165, 1.54) is 24.2 Å². The van der Waals surface area contributed by atoms with Gasteiger partial charge in [0.15, 0.2) is 6.54 Å². The summed E-state index contributed by atoms with van der Waals surface area (Å²) < 4.78 is 0. The molecule has 1 saturated heterocycles. The smallest absolute Gasteiger partial charge is 0.318 e. The molecule has 1 aliphatic carbocycles. The monoisotopic (exact) mass is 379 g/mol. The Kier molecular flexibility index (Phi) is 6.74. The van der Waals surface area contributed by atoms with Crippen molar-refractivity contribution in [1.29, 1.82) is 0 Å². The minimum Gasteiger partial charge on any atom is -0.335 e. The number of halogens is 1. The largest absolute Gasteiger partial charge is 0.335 e. The molecule has 7 heteroatoms. The standard InChI is InChI=1S/C19H27ClN4O2/c20-16-8-4-5-9-17(16)22-18(25)14-23-10-12-24(13-11-23)19(26)21-15-6-2-1-3-7-15/h4-5,8-9,15H,1-3,6-7,10-14H2,(H,21,26)(H,22,25)/p+1. The van der Waals surface area contributed by atoms with Gasteiger partial charge in [-0.3, -0.25) is 4.79 Å². The summed E-state index contributed by atoms with van der Waals surface area (Å²) in [5, 5.41) is 6.57. The van der Waals surface area contributed by atoms with Gasteiger partial charge >= 0.3 is 6.03 Å². The molecule has 3 amide bonds. The molecule has 0 radical (unpaired) electrons. The topological polar surface area (TPSA) is 65.9 Å². The van der Waals surface area contributed by atoms with Crippen molar-refractivity contribution in [1.82, 2.24) is 10.2 Å². The molecular weight excluding hydrogens is 352 g/mol. The zero-order chi connectivity index (χ0) is 18.4. The van der Waals surface area contributed by atoms with Crippen molar-refractivity contribution in [2.24, 2.45) is 0 Å². The summed E-state index contributed by atoms with van der Waals surface area (Å²) in [5.74, 6) is -0.0480. The fourth-order valence-electron chi connectivity index (χ4n) is 3.70. The third-order valence-corrected chi connectivity index (χ3v) is 5.58. The zero-order valence-electron chi connectivity index (χ0n) is 15.1. The lowest BCUT2D eigenvalue weighted by atomic mass is 9.96. The quantitative estimate of drug-likeness (QED) is 0.742. The van der Waals surface area contributed by atoms with Gasteiger partial charge in [-0.15, -0.1) is 0 Å². The highest BCUT2D eigenvalue weighted by Gasteiger charge is 2.27. The van der Waals surface area contributed by atoms with Crippen molar-refractivity contribution in [3.8, 4) is 0 Å². The molecule has 0 aromatic heterocycles. The molecular formula is C19H28ClN4O2+. The second-order valence-electron chi connectivity index (χ2n) is 7.23. The number of piperazine rings is 1. The lowest BCUT2D eigenvalue weighted by Gasteiger charge is -2.33. The summed E-state index contributed by atoms with van der Waals surface area (Å²) in [7, 11) is 0. The Balaban J connectivity index is 1.39. The first-order valence-corrected chi connectivity index (χ1v) is 9.93. The summed E-state index contributed by atoms with van der Waals surface area (Å²) in [4.78, 5) is 27.7. The van der Waals surface area contributed by atoms with Crippen molar-refractivity contribution in [2.45, 2.75) is 38.1 Å². The number of quaternary nitrogens is 1. The van der Waals surface area contributed by atoms with Gasteiger partial charge in [0.2, 0.25) is 0 Å². The van der Waals surface area contributed by atoms with Crippen LogP contribution in [0.5, 0.6) is 0 Å². The van der Waals surface area contributed by atoms with Crippen LogP contribution >= 0.6 is 11.6 Å². The van der Waals surface area contributed by atoms with Crippen molar-refractivity contribution in [2.75, 3.05) is 38.0 Å². The molecule has 0 atom stereocenters. The van der Waals surface area contributed by atoms with E-state index in [9.17, 15) is 9.59 Å². The second-order valence-corrected chi connectivity index (χ2v) is 7.63. The Bertz CT molecular complexity index is 626. The molecule has 142 valence electrons. The molecule has 3 N–H and O–H groups in total. The number of para-hydroxylation sites is 1. The third-order valence-electron chi connectivity index (χ3n) is 5.25. The maximum Gasteiger partial charge on any atom is 0.318 e. The first-order valence-electron chi connectivity index (χ1n) is 9.55. The number of rotatable bonds is 4. The average molecular weight is 380 g/mol. The van der Waals surface area contributed by atoms with Crippen LogP contribution in [0.1, 0.15) is 32.1 Å². The van der Waals surface area contributed by atoms with Gasteiger partial charge in [-0.25, -0.2) is 4.79 Å². The number of anilines is 1. The molecule has 1 aromatic rings. The van der Waals surface area contributed by atoms with E-state index in [0.717, 1.165) is 25.9 Å². The number of urea groups is 1. The number of nitrogens with zero attached hydrogens (tertiary/aromatic N) is 1. The van der Waals surface area contributed by atoms with Crippen LogP contribution in [0.25, 0.3) is 0 Å². The number of carbonyl (C=O) groups is 2. The highest BCUT2D eigenvalue weighted by atomic mass is 35.5. The maximum absolute atomic E-state index is 12.4. The van der Waals surface area contributed by atoms with E-state index in [4.69, 9.17) is 11.6 Å². The predicted octanol–water partition coefficient (Wildman–Crippen LogP) is 1.52. The Morgan fingerprint density at radius 2 is 1.81 bits per heavy atom. The number of benzene rings is 1. The van der Waals surface area contributed by atoms with Crippen LogP contribution in [0.3, 0.4) is 0 Å². The molecule has 1 heterocycles. The predicted molar refractivity (Wildman–Crippen MR) is 103 cm³/mol. The molecule has 6 nitrogen and oxygen atoms in total. The fourth-order valence-corrected chi connectivity index (χ4v) is 3.88. The molecule has 1 aromatic carbocycles. The maximum atomic E-state index is 12.4. The summed E-state index contributed by atoms with van der Waals surface area (Å²) in [6.07, 6.45) is 5.90. The van der Waals surface area contributed by atoms with Crippen LogP contribution in [0.2, 0.25) is 5.02 Å². The van der Waals surface area contributed by atoms with E-state index in [-0.39, 0.29) is 11.9 Å². The van der Waals surface area contributed by atoms with E-state index in [0.29, 0.717) is 36.4 Å². The average Bonchev–Trinajstić information content (AvgIpc) is 2.65. The summed E-state index contributed by atoms with van der Waals surface area (Å²) in [5.41, 5.74) is 0.643. The van der Waals surface area contributed by atoms with E-state index in [1.54, 1.807) is 12.1 Å². The van der Waals surface area contributed by atoms with Crippen LogP contribution in [-0.2, 0) is 4.79 Å². The zero-order valence-corrected chi connectivity index (χ0v) is 15.9. The molecule has 1 saturated carbocycles. The molecule has 2 fully saturated rings. The van der Waals surface area contributed by atoms with Crippen molar-refractivity contribution in [3.63, 3.8) is 0 Å². The fraction of sp³-hybridized carbons (Fsp3) is 0.579. The summed E-state index contributed by atoms with van der Waals surface area (Å²) >= 11 is 6.07. The van der Waals surface area contributed by atoms with E-state index < -0.39 is 0 Å². The first-order chi connectivity index (χ1) is 12.6. The lowest BCUT2D eigenvalue weighted by molar-refractivity contribution is -0.895. The molecule has 26 heavy (non-hydrogen) atoms. The summed E-state index contributed by atoms with van der Waals surface area (Å²) in [6, 6.07) is 7.62. The highest BCUT2D eigenvalue weighted by Crippen LogP contribution is 2.20. The van der Waals surface area contributed by atoms with Crippen molar-refractivity contribution >= 4 is 29.2 Å². The Hall–Kier alpha value is -1.79. The minimum atomic E-state index is -0.0480. The molecule has 0 spiro atoms. The van der Waals surface area contributed by atoms with E-state index in [2.05, 4.69) is 10.6 Å². The minimum absolute atomic E-state index is 0.0480. The van der Waals surface area contributed by atoms with E-state index in [1.807, 2.05) is 17.0 Å². The van der Waals surface area contributed by atoms with Gasteiger partial charge in [0.05, 0.1) is 36.9 Å². The van der Waals surface area contributed by atoms with Crippen LogP contribution in [0, 0.1) is 0 Å². The van der Waals surface area contributed by atoms with Gasteiger partial charge in [-0.1, -0.05) is 43.0 Å². The third kappa shape index (κ3) is 5.35. The van der Waals surface area contributed by atoms with Gasteiger partial charge in [-0.2, -0.15) is 0 Å². The van der Waals surface area contributed by atoms with Gasteiger partial charge in [-0.05, 0) is 25.0 Å². The normalized spacial score (nSPS) is 19.2. The Morgan fingerprint density at radius 1 is 1.12 bits per heavy atom. The summed E-state index contributed by atoms with van der Waals surface area (Å²) in [6.45, 7) is 3.34.